The maximum atomic E-state index is 12.4. The molecule has 2 aromatic rings. The van der Waals surface area contributed by atoms with E-state index in [1.165, 1.54) is 31.4 Å². The summed E-state index contributed by atoms with van der Waals surface area (Å²) >= 11 is 0. The molecule has 0 spiro atoms. The molecule has 9 heteroatoms. The summed E-state index contributed by atoms with van der Waals surface area (Å²) in [7, 11) is -5.63. The van der Waals surface area contributed by atoms with E-state index in [4.69, 9.17) is 9.47 Å². The molecule has 0 aliphatic heterocycles. The molecule has 0 aromatic heterocycles. The predicted molar refractivity (Wildman–Crippen MR) is 97.7 cm³/mol. The highest BCUT2D eigenvalue weighted by Crippen LogP contribution is 2.28. The van der Waals surface area contributed by atoms with E-state index in [-0.39, 0.29) is 16.3 Å². The lowest BCUT2D eigenvalue weighted by atomic mass is 10.2. The zero-order valence-corrected chi connectivity index (χ0v) is 16.4. The van der Waals surface area contributed by atoms with Crippen LogP contribution in [0.4, 0.5) is 0 Å². The first kappa shape index (κ1) is 20.2. The maximum Gasteiger partial charge on any atom is 0.240 e. The van der Waals surface area contributed by atoms with Gasteiger partial charge in [0.1, 0.15) is 0 Å². The fourth-order valence-corrected chi connectivity index (χ4v) is 3.88. The highest BCUT2D eigenvalue weighted by Gasteiger charge is 2.16. The Morgan fingerprint density at radius 1 is 0.923 bits per heavy atom. The van der Waals surface area contributed by atoms with Gasteiger partial charge < -0.3 is 9.47 Å². The first-order chi connectivity index (χ1) is 12.2. The van der Waals surface area contributed by atoms with E-state index < -0.39 is 19.9 Å². The van der Waals surface area contributed by atoms with Crippen LogP contribution in [0.5, 0.6) is 11.5 Å². The van der Waals surface area contributed by atoms with Gasteiger partial charge in [0.15, 0.2) is 21.3 Å². The summed E-state index contributed by atoms with van der Waals surface area (Å²) in [4.78, 5) is 0.0522. The summed E-state index contributed by atoms with van der Waals surface area (Å²) in [5, 5.41) is 0. The maximum absolute atomic E-state index is 12.4. The third kappa shape index (κ3) is 4.96. The number of rotatable bonds is 8. The topological polar surface area (TPSA) is 98.8 Å². The van der Waals surface area contributed by atoms with E-state index in [9.17, 15) is 16.8 Å². The van der Waals surface area contributed by atoms with Crippen molar-refractivity contribution in [3.63, 3.8) is 0 Å². The molecule has 0 amide bonds. The van der Waals surface area contributed by atoms with Gasteiger partial charge in [-0.2, -0.15) is 0 Å². The van der Waals surface area contributed by atoms with Crippen LogP contribution >= 0.6 is 0 Å². The number of hydrogen-bond donors (Lipinski definition) is 1. The summed E-state index contributed by atoms with van der Waals surface area (Å²) < 4.78 is 60.8. The lowest BCUT2D eigenvalue weighted by molar-refractivity contribution is 0.310. The largest absolute Gasteiger partial charge is 0.493 e. The fraction of sp³-hybridized carbons (Fsp3) is 0.294. The average Bonchev–Trinajstić information content (AvgIpc) is 2.60. The van der Waals surface area contributed by atoms with Crippen LogP contribution in [0.3, 0.4) is 0 Å². The summed E-state index contributed by atoms with van der Waals surface area (Å²) in [6.07, 6.45) is 1.06. The average molecular weight is 399 g/mol. The second-order valence-electron chi connectivity index (χ2n) is 5.49. The van der Waals surface area contributed by atoms with E-state index in [0.29, 0.717) is 23.7 Å². The quantitative estimate of drug-likeness (QED) is 0.729. The van der Waals surface area contributed by atoms with Crippen LogP contribution in [-0.4, -0.2) is 36.8 Å². The molecule has 2 aromatic carbocycles. The standard InChI is InChI=1S/C17H21NO6S2/c1-4-24-17-11-13(5-10-16(17)23-2)12-18-26(21,22)15-8-6-14(7-9-15)25(3,19)20/h5-11,18H,4,12H2,1-3H3. The van der Waals surface area contributed by atoms with Crippen LogP contribution in [0.2, 0.25) is 0 Å². The highest BCUT2D eigenvalue weighted by atomic mass is 32.2. The number of sulfonamides is 1. The zero-order chi connectivity index (χ0) is 19.4. The zero-order valence-electron chi connectivity index (χ0n) is 14.7. The minimum absolute atomic E-state index is 0.0107. The predicted octanol–water partition coefficient (Wildman–Crippen LogP) is 1.98. The molecule has 0 fully saturated rings. The van der Waals surface area contributed by atoms with Gasteiger partial charge >= 0.3 is 0 Å². The molecule has 1 N–H and O–H groups in total. The Hall–Kier alpha value is -2.10. The van der Waals surface area contributed by atoms with Gasteiger partial charge in [0.05, 0.1) is 23.5 Å². The lowest BCUT2D eigenvalue weighted by Gasteiger charge is -2.12. The molecule has 2 rings (SSSR count). The summed E-state index contributed by atoms with van der Waals surface area (Å²) in [5.41, 5.74) is 0.700. The number of nitrogens with one attached hydrogen (secondary N) is 1. The first-order valence-corrected chi connectivity index (χ1v) is 11.1. The Labute approximate surface area is 153 Å². The van der Waals surface area contributed by atoms with Crippen molar-refractivity contribution in [2.75, 3.05) is 20.0 Å². The number of ether oxygens (including phenoxy) is 2. The van der Waals surface area contributed by atoms with Crippen molar-refractivity contribution in [3.05, 3.63) is 48.0 Å². The molecule has 7 nitrogen and oxygen atoms in total. The number of hydrogen-bond acceptors (Lipinski definition) is 6. The second-order valence-corrected chi connectivity index (χ2v) is 9.27. The van der Waals surface area contributed by atoms with Crippen molar-refractivity contribution in [2.24, 2.45) is 0 Å². The number of benzene rings is 2. The SMILES string of the molecule is CCOc1cc(CNS(=O)(=O)c2ccc(S(C)(=O)=O)cc2)ccc1OC. The Morgan fingerprint density at radius 3 is 2.08 bits per heavy atom. The van der Waals surface area contributed by atoms with Crippen molar-refractivity contribution in [2.45, 2.75) is 23.3 Å². The minimum Gasteiger partial charge on any atom is -0.493 e. The molecule has 26 heavy (non-hydrogen) atoms. The Kier molecular flexibility index (Phi) is 6.27. The van der Waals surface area contributed by atoms with Crippen LogP contribution in [0.25, 0.3) is 0 Å². The van der Waals surface area contributed by atoms with Crippen LogP contribution < -0.4 is 14.2 Å². The third-order valence-corrected chi connectivity index (χ3v) is 6.10. The molecule has 142 valence electrons. The van der Waals surface area contributed by atoms with Gasteiger partial charge in [-0.3, -0.25) is 0 Å². The molecule has 0 aliphatic rings. The normalized spacial score (nSPS) is 12.0. The summed E-state index contributed by atoms with van der Waals surface area (Å²) in [6.45, 7) is 2.35. The van der Waals surface area contributed by atoms with E-state index in [2.05, 4.69) is 4.72 Å². The monoisotopic (exact) mass is 399 g/mol. The van der Waals surface area contributed by atoms with Gasteiger partial charge in [-0.15, -0.1) is 0 Å². The molecule has 0 atom stereocenters. The number of methoxy groups -OCH3 is 1. The molecule has 0 bridgehead atoms. The van der Waals surface area contributed by atoms with Gasteiger partial charge in [0.25, 0.3) is 0 Å². The van der Waals surface area contributed by atoms with Crippen molar-refractivity contribution in [1.82, 2.24) is 4.72 Å². The molecule has 0 aliphatic carbocycles. The van der Waals surface area contributed by atoms with Crippen LogP contribution in [0.15, 0.2) is 52.3 Å². The van der Waals surface area contributed by atoms with Gasteiger partial charge in [-0.1, -0.05) is 6.07 Å². The molecular formula is C17H21NO6S2. The van der Waals surface area contributed by atoms with Crippen molar-refractivity contribution in [1.29, 1.82) is 0 Å². The highest BCUT2D eigenvalue weighted by molar-refractivity contribution is 7.90. The molecule has 0 heterocycles. The van der Waals surface area contributed by atoms with Crippen LogP contribution in [0, 0.1) is 0 Å². The van der Waals surface area contributed by atoms with E-state index >= 15 is 0 Å². The van der Waals surface area contributed by atoms with Gasteiger partial charge in [0, 0.05) is 12.8 Å². The third-order valence-electron chi connectivity index (χ3n) is 3.56. The van der Waals surface area contributed by atoms with Gasteiger partial charge in [0.2, 0.25) is 10.0 Å². The minimum atomic E-state index is -3.78. The lowest BCUT2D eigenvalue weighted by Crippen LogP contribution is -2.23. The molecule has 0 unspecified atom stereocenters. The van der Waals surface area contributed by atoms with Gasteiger partial charge in [-0.25, -0.2) is 21.6 Å². The number of sulfone groups is 1. The second kappa shape index (κ2) is 8.07. The molecular weight excluding hydrogens is 378 g/mol. The van der Waals surface area contributed by atoms with Crippen LogP contribution in [0.1, 0.15) is 12.5 Å². The molecule has 0 radical (unpaired) electrons. The molecule has 0 saturated heterocycles. The molecule has 0 saturated carbocycles. The fourth-order valence-electron chi connectivity index (χ4n) is 2.23. The Morgan fingerprint density at radius 2 is 1.54 bits per heavy atom. The van der Waals surface area contributed by atoms with E-state index in [1.807, 2.05) is 6.92 Å². The Balaban J connectivity index is 2.16. The van der Waals surface area contributed by atoms with Crippen molar-refractivity contribution in [3.8, 4) is 11.5 Å². The smallest absolute Gasteiger partial charge is 0.240 e. The van der Waals surface area contributed by atoms with Crippen molar-refractivity contribution < 1.29 is 26.3 Å². The van der Waals surface area contributed by atoms with Crippen LogP contribution in [-0.2, 0) is 26.4 Å². The Bertz CT molecular complexity index is 967. The summed E-state index contributed by atoms with van der Waals surface area (Å²) in [5.74, 6) is 1.10. The first-order valence-electron chi connectivity index (χ1n) is 7.77. The van der Waals surface area contributed by atoms with E-state index in [0.717, 1.165) is 6.26 Å². The summed E-state index contributed by atoms with van der Waals surface area (Å²) in [6, 6.07) is 10.2. The van der Waals surface area contributed by atoms with Crippen molar-refractivity contribution >= 4 is 19.9 Å². The van der Waals surface area contributed by atoms with Gasteiger partial charge in [-0.05, 0) is 48.9 Å². The van der Waals surface area contributed by atoms with E-state index in [1.54, 1.807) is 18.2 Å².